The number of ether oxygens (including phenoxy) is 2. The highest BCUT2D eigenvalue weighted by Gasteiger charge is 2.21. The molecule has 0 unspecified atom stereocenters. The van der Waals surface area contributed by atoms with Crippen molar-refractivity contribution in [3.63, 3.8) is 0 Å². The summed E-state index contributed by atoms with van der Waals surface area (Å²) in [6.07, 6.45) is 2.05. The molecule has 0 spiro atoms. The van der Waals surface area contributed by atoms with Crippen LogP contribution in [0, 0.1) is 11.6 Å². The average molecular weight is 341 g/mol. The van der Waals surface area contributed by atoms with Gasteiger partial charge < -0.3 is 14.8 Å². The summed E-state index contributed by atoms with van der Waals surface area (Å²) in [6, 6.07) is 1.79. The third-order valence-corrected chi connectivity index (χ3v) is 3.01. The maximum atomic E-state index is 13.5. The van der Waals surface area contributed by atoms with E-state index in [1.165, 1.54) is 13.2 Å². The molecule has 0 heterocycles. The smallest absolute Gasteiger partial charge is 0.330 e. The van der Waals surface area contributed by atoms with Crippen LogP contribution >= 0.6 is 0 Å². The number of methoxy groups -OCH3 is 2. The second-order valence-corrected chi connectivity index (χ2v) is 4.72. The van der Waals surface area contributed by atoms with Crippen LogP contribution in [0.4, 0.5) is 8.78 Å². The molecule has 0 fully saturated rings. The molecule has 24 heavy (non-hydrogen) atoms. The first-order valence-corrected chi connectivity index (χ1v) is 6.93. The number of nitrogens with one attached hydrogen (secondary N) is 1. The summed E-state index contributed by atoms with van der Waals surface area (Å²) in [7, 11) is 2.34. The van der Waals surface area contributed by atoms with Gasteiger partial charge in [0.1, 0.15) is 17.7 Å². The second kappa shape index (κ2) is 9.39. The second-order valence-electron chi connectivity index (χ2n) is 4.72. The highest BCUT2D eigenvalue weighted by Crippen LogP contribution is 2.10. The van der Waals surface area contributed by atoms with Crippen LogP contribution < -0.4 is 5.32 Å². The van der Waals surface area contributed by atoms with E-state index in [4.69, 9.17) is 0 Å². The lowest BCUT2D eigenvalue weighted by atomic mass is 10.1. The average Bonchev–Trinajstić information content (AvgIpc) is 2.55. The van der Waals surface area contributed by atoms with E-state index in [1.54, 1.807) is 0 Å². The molecule has 1 amide bonds. The molecule has 0 aliphatic carbocycles. The largest absolute Gasteiger partial charge is 0.467 e. The van der Waals surface area contributed by atoms with Gasteiger partial charge in [0.15, 0.2) is 0 Å². The number of halogens is 2. The van der Waals surface area contributed by atoms with Crippen LogP contribution in [0.5, 0.6) is 0 Å². The van der Waals surface area contributed by atoms with E-state index in [2.05, 4.69) is 14.8 Å². The van der Waals surface area contributed by atoms with Crippen LogP contribution in [0.1, 0.15) is 12.0 Å². The Hall–Kier alpha value is -2.77. The molecule has 1 rings (SSSR count). The van der Waals surface area contributed by atoms with Gasteiger partial charge in [-0.15, -0.1) is 0 Å². The first-order valence-electron chi connectivity index (χ1n) is 6.93. The van der Waals surface area contributed by atoms with Gasteiger partial charge in [-0.25, -0.2) is 18.4 Å². The van der Waals surface area contributed by atoms with E-state index in [0.29, 0.717) is 6.07 Å². The van der Waals surface area contributed by atoms with Crippen LogP contribution in [-0.4, -0.2) is 38.1 Å². The monoisotopic (exact) mass is 341 g/mol. The number of carbonyl (C=O) groups is 3. The lowest BCUT2D eigenvalue weighted by molar-refractivity contribution is -0.145. The number of amides is 1. The molecule has 0 aromatic heterocycles. The maximum absolute atomic E-state index is 13.5. The van der Waals surface area contributed by atoms with Crippen LogP contribution in [0.15, 0.2) is 30.4 Å². The molecular formula is C16H17F2NO5. The van der Waals surface area contributed by atoms with Gasteiger partial charge in [0.05, 0.1) is 20.6 Å². The summed E-state index contributed by atoms with van der Waals surface area (Å²) in [5, 5.41) is 2.37. The fourth-order valence-corrected chi connectivity index (χ4v) is 1.81. The van der Waals surface area contributed by atoms with Gasteiger partial charge in [-0.1, -0.05) is 12.1 Å². The molecule has 0 saturated carbocycles. The van der Waals surface area contributed by atoms with Gasteiger partial charge in [-0.3, -0.25) is 4.79 Å². The number of carbonyl (C=O) groups excluding carboxylic acids is 3. The fraction of sp³-hybridized carbons (Fsp3) is 0.312. The van der Waals surface area contributed by atoms with Crippen molar-refractivity contribution in [3.05, 3.63) is 47.5 Å². The molecule has 1 atom stereocenters. The van der Waals surface area contributed by atoms with Gasteiger partial charge >= 0.3 is 11.9 Å². The van der Waals surface area contributed by atoms with Crippen LogP contribution in [-0.2, 0) is 30.3 Å². The summed E-state index contributed by atoms with van der Waals surface area (Å²) in [6.45, 7) is 0. The molecule has 6 nitrogen and oxygen atoms in total. The van der Waals surface area contributed by atoms with Crippen molar-refractivity contribution >= 4 is 17.8 Å². The first kappa shape index (κ1) is 19.3. The first-order chi connectivity index (χ1) is 11.4. The number of hydrogen-bond acceptors (Lipinski definition) is 5. The zero-order chi connectivity index (χ0) is 18.1. The Morgan fingerprint density at radius 2 is 1.92 bits per heavy atom. The van der Waals surface area contributed by atoms with Gasteiger partial charge in [0.2, 0.25) is 5.91 Å². The fourth-order valence-electron chi connectivity index (χ4n) is 1.81. The van der Waals surface area contributed by atoms with Crippen molar-refractivity contribution in [2.75, 3.05) is 14.2 Å². The molecule has 0 aliphatic rings. The van der Waals surface area contributed by atoms with Crippen molar-refractivity contribution in [3.8, 4) is 0 Å². The molecule has 0 radical (unpaired) electrons. The van der Waals surface area contributed by atoms with Gasteiger partial charge in [0, 0.05) is 12.1 Å². The summed E-state index contributed by atoms with van der Waals surface area (Å²) in [4.78, 5) is 34.6. The molecule has 1 N–H and O–H groups in total. The van der Waals surface area contributed by atoms with Gasteiger partial charge in [-0.05, 0) is 18.1 Å². The van der Waals surface area contributed by atoms with Crippen LogP contribution in [0.2, 0.25) is 0 Å². The zero-order valence-corrected chi connectivity index (χ0v) is 13.2. The van der Waals surface area contributed by atoms with E-state index in [1.807, 2.05) is 0 Å². The minimum atomic E-state index is -1.05. The van der Waals surface area contributed by atoms with E-state index in [-0.39, 0.29) is 18.4 Å². The maximum Gasteiger partial charge on any atom is 0.330 e. The minimum absolute atomic E-state index is 0.0115. The lowest BCUT2D eigenvalue weighted by Crippen LogP contribution is -2.42. The normalized spacial score (nSPS) is 11.8. The molecular weight excluding hydrogens is 324 g/mol. The molecule has 8 heteroatoms. The van der Waals surface area contributed by atoms with Gasteiger partial charge in [0.25, 0.3) is 0 Å². The van der Waals surface area contributed by atoms with E-state index in [0.717, 1.165) is 25.3 Å². The van der Waals surface area contributed by atoms with Gasteiger partial charge in [-0.2, -0.15) is 0 Å². The lowest BCUT2D eigenvalue weighted by Gasteiger charge is -2.15. The quantitative estimate of drug-likeness (QED) is 0.597. The van der Waals surface area contributed by atoms with Crippen molar-refractivity contribution in [2.24, 2.45) is 0 Å². The standard InChI is InChI=1S/C16H17F2NO5/c1-23-15(21)5-3-4-13(16(22)24-2)19-14(20)8-10-6-7-11(17)9-12(10)18/h3,5-7,9,13H,4,8H2,1-2H3,(H,19,20)/b5-3+/t13-/m0/s1. The number of benzene rings is 1. The Morgan fingerprint density at radius 3 is 2.50 bits per heavy atom. The molecule has 0 bridgehead atoms. The Kier molecular flexibility index (Phi) is 7.54. The van der Waals surface area contributed by atoms with E-state index in [9.17, 15) is 23.2 Å². The third-order valence-electron chi connectivity index (χ3n) is 3.01. The summed E-state index contributed by atoms with van der Waals surface area (Å²) in [5.41, 5.74) is -0.0115. The minimum Gasteiger partial charge on any atom is -0.467 e. The SMILES string of the molecule is COC(=O)/C=C/C[C@H](NC(=O)Cc1ccc(F)cc1F)C(=O)OC. The Labute approximate surface area is 137 Å². The number of hydrogen-bond donors (Lipinski definition) is 1. The van der Waals surface area contributed by atoms with E-state index < -0.39 is 35.5 Å². The number of esters is 2. The summed E-state index contributed by atoms with van der Waals surface area (Å²) in [5.74, 6) is -3.60. The Morgan fingerprint density at radius 1 is 1.21 bits per heavy atom. The highest BCUT2D eigenvalue weighted by molar-refractivity contribution is 5.86. The predicted octanol–water partition coefficient (Wildman–Crippen LogP) is 1.28. The van der Waals surface area contributed by atoms with Crippen molar-refractivity contribution in [1.82, 2.24) is 5.32 Å². The van der Waals surface area contributed by atoms with Crippen LogP contribution in [0.25, 0.3) is 0 Å². The molecule has 130 valence electrons. The summed E-state index contributed by atoms with van der Waals surface area (Å²) < 4.78 is 35.3. The van der Waals surface area contributed by atoms with E-state index >= 15 is 0 Å². The Balaban J connectivity index is 2.71. The van der Waals surface area contributed by atoms with Crippen molar-refractivity contribution < 1.29 is 32.6 Å². The zero-order valence-electron chi connectivity index (χ0n) is 13.2. The topological polar surface area (TPSA) is 81.7 Å². The van der Waals surface area contributed by atoms with Crippen molar-refractivity contribution in [2.45, 2.75) is 18.9 Å². The molecule has 0 aliphatic heterocycles. The van der Waals surface area contributed by atoms with Crippen LogP contribution in [0.3, 0.4) is 0 Å². The number of rotatable bonds is 7. The summed E-state index contributed by atoms with van der Waals surface area (Å²) >= 11 is 0. The van der Waals surface area contributed by atoms with Crippen molar-refractivity contribution in [1.29, 1.82) is 0 Å². The third kappa shape index (κ3) is 6.15. The predicted molar refractivity (Wildman–Crippen MR) is 79.8 cm³/mol. The molecule has 1 aromatic rings. The molecule has 1 aromatic carbocycles. The molecule has 0 saturated heterocycles. The Bertz CT molecular complexity index is 645. The highest BCUT2D eigenvalue weighted by atomic mass is 19.1.